The predicted octanol–water partition coefficient (Wildman–Crippen LogP) is 1.38. The average molecular weight is 610 g/mol. The molecule has 1 aliphatic heterocycles. The molecule has 1 aromatic carbocycles. The first-order valence-corrected chi connectivity index (χ1v) is 14.8. The normalized spacial score (nSPS) is 20.4. The van der Waals surface area contributed by atoms with Crippen LogP contribution in [0, 0.1) is 11.8 Å². The third kappa shape index (κ3) is 9.10. The van der Waals surface area contributed by atoms with Crippen molar-refractivity contribution in [1.82, 2.24) is 25.3 Å². The topological polar surface area (TPSA) is 150 Å². The van der Waals surface area contributed by atoms with Gasteiger partial charge in [0.05, 0.1) is 30.8 Å². The number of pyridine rings is 1. The van der Waals surface area contributed by atoms with E-state index in [1.54, 1.807) is 30.9 Å². The maximum Gasteiger partial charge on any atom is 0.475 e. The fourth-order valence-corrected chi connectivity index (χ4v) is 5.26. The number of aliphatic hydroxyl groups excluding tert-OH is 1. The second-order valence-electron chi connectivity index (χ2n) is 11.9. The largest absolute Gasteiger partial charge is 0.518 e. The lowest BCUT2D eigenvalue weighted by Gasteiger charge is -2.36. The number of likely N-dealkylation sites (N-methyl/N-ethyl adjacent to an activating group) is 2. The maximum atomic E-state index is 13.7. The van der Waals surface area contributed by atoms with Crippen molar-refractivity contribution in [1.29, 1.82) is 0 Å². The number of aromatic nitrogens is 1. The molecule has 0 saturated carbocycles. The van der Waals surface area contributed by atoms with Crippen molar-refractivity contribution in [2.75, 3.05) is 34.3 Å². The second-order valence-corrected chi connectivity index (χ2v) is 11.9. The number of nitrogens with one attached hydrogen (secondary N) is 2. The van der Waals surface area contributed by atoms with E-state index < -0.39 is 60.9 Å². The van der Waals surface area contributed by atoms with Crippen LogP contribution in [-0.2, 0) is 23.8 Å². The van der Waals surface area contributed by atoms with Crippen LogP contribution in [-0.4, -0.2) is 109 Å². The number of nitrogens with zero attached hydrogens (tertiary/aromatic N) is 3. The van der Waals surface area contributed by atoms with Crippen LogP contribution in [0.3, 0.4) is 0 Å². The van der Waals surface area contributed by atoms with Gasteiger partial charge in [-0.15, -0.1) is 0 Å². The molecule has 13 heteroatoms. The smallest absolute Gasteiger partial charge is 0.475 e. The molecule has 5 atom stereocenters. The summed E-state index contributed by atoms with van der Waals surface area (Å²) in [6, 6.07) is 12.2. The number of ether oxygens (including phenoxy) is 1. The monoisotopic (exact) mass is 609 g/mol. The first-order chi connectivity index (χ1) is 20.8. The SMILES string of the molecule is COC(=O)[C@@H]1CN(C)C[C@@H](C)C(=O)OB([C@H](CC(C)C)NC(=O)[C@@H](NC(=O)c2cccc(-c3ccccc3)n2)[C@@H](C)O)N1C. The average Bonchev–Trinajstić information content (AvgIpc) is 3.03. The van der Waals surface area contributed by atoms with E-state index in [1.165, 1.54) is 20.1 Å². The molecular formula is C31H44BN5O7. The number of carbonyl (C=O) groups is 4. The Labute approximate surface area is 259 Å². The molecule has 1 aromatic heterocycles. The summed E-state index contributed by atoms with van der Waals surface area (Å²) in [5.74, 6) is -3.56. The Morgan fingerprint density at radius 1 is 1.07 bits per heavy atom. The standard InChI is InChI=1S/C31H44BN5O7/c1-19(2)16-26(32-37(6)25(31(42)43-7)18-36(5)17-20(3)30(41)44-32)34-29(40)27(21(4)38)35-28(39)24-15-11-14-23(33-24)22-12-9-8-10-13-22/h8-15,19-21,25-27,38H,16-18H2,1-7H3,(H,34,40)(H,35,39)/t20-,21-,25+,26+,27+/m1/s1. The van der Waals surface area contributed by atoms with Gasteiger partial charge in [0, 0.05) is 18.7 Å². The molecule has 2 amide bonds. The van der Waals surface area contributed by atoms with E-state index in [-0.39, 0.29) is 18.2 Å². The molecule has 238 valence electrons. The van der Waals surface area contributed by atoms with Gasteiger partial charge in [-0.3, -0.25) is 24.0 Å². The van der Waals surface area contributed by atoms with Crippen molar-refractivity contribution in [3.05, 3.63) is 54.2 Å². The van der Waals surface area contributed by atoms with Gasteiger partial charge in [0.15, 0.2) is 0 Å². The number of hydrogen-bond donors (Lipinski definition) is 3. The lowest BCUT2D eigenvalue weighted by atomic mass is 9.66. The van der Waals surface area contributed by atoms with Crippen molar-refractivity contribution in [2.24, 2.45) is 11.8 Å². The van der Waals surface area contributed by atoms with Crippen LogP contribution in [0.4, 0.5) is 0 Å². The van der Waals surface area contributed by atoms with Gasteiger partial charge in [-0.05, 0) is 45.5 Å². The van der Waals surface area contributed by atoms with E-state index in [2.05, 4.69) is 15.6 Å². The van der Waals surface area contributed by atoms with Crippen molar-refractivity contribution in [2.45, 2.75) is 58.2 Å². The summed E-state index contributed by atoms with van der Waals surface area (Å²) < 4.78 is 11.0. The first kappa shape index (κ1) is 34.7. The van der Waals surface area contributed by atoms with Crippen LogP contribution in [0.5, 0.6) is 0 Å². The second kappa shape index (κ2) is 15.8. The Morgan fingerprint density at radius 3 is 2.36 bits per heavy atom. The Balaban J connectivity index is 1.88. The van der Waals surface area contributed by atoms with Crippen LogP contribution in [0.15, 0.2) is 48.5 Å². The Kier molecular flexibility index (Phi) is 12.4. The highest BCUT2D eigenvalue weighted by Crippen LogP contribution is 2.20. The molecule has 12 nitrogen and oxygen atoms in total. The van der Waals surface area contributed by atoms with E-state index in [0.717, 1.165) is 5.56 Å². The zero-order valence-electron chi connectivity index (χ0n) is 26.5. The molecule has 3 rings (SSSR count). The highest BCUT2D eigenvalue weighted by atomic mass is 16.5. The van der Waals surface area contributed by atoms with E-state index >= 15 is 0 Å². The van der Waals surface area contributed by atoms with Gasteiger partial charge in [-0.25, -0.2) is 4.98 Å². The Hall–Kier alpha value is -3.81. The fourth-order valence-electron chi connectivity index (χ4n) is 5.26. The first-order valence-electron chi connectivity index (χ1n) is 14.8. The predicted molar refractivity (Wildman–Crippen MR) is 166 cm³/mol. The summed E-state index contributed by atoms with van der Waals surface area (Å²) in [5, 5.41) is 16.1. The molecule has 1 fully saturated rings. The van der Waals surface area contributed by atoms with Crippen molar-refractivity contribution in [3.63, 3.8) is 0 Å². The summed E-state index contributed by atoms with van der Waals surface area (Å²) in [6.45, 7) is 7.67. The summed E-state index contributed by atoms with van der Waals surface area (Å²) in [5.41, 5.74) is 1.48. The lowest BCUT2D eigenvalue weighted by Crippen LogP contribution is -2.64. The number of rotatable bonds is 10. The minimum Gasteiger partial charge on any atom is -0.518 e. The van der Waals surface area contributed by atoms with Gasteiger partial charge in [0.1, 0.15) is 17.8 Å². The molecule has 0 radical (unpaired) electrons. The zero-order valence-corrected chi connectivity index (χ0v) is 26.5. The Bertz CT molecular complexity index is 1300. The Morgan fingerprint density at radius 2 is 1.75 bits per heavy atom. The van der Waals surface area contributed by atoms with Crippen LogP contribution in [0.2, 0.25) is 0 Å². The quantitative estimate of drug-likeness (QED) is 0.266. The summed E-state index contributed by atoms with van der Waals surface area (Å²) >= 11 is 0. The molecule has 1 saturated heterocycles. The number of esters is 1. The van der Waals surface area contributed by atoms with E-state index in [4.69, 9.17) is 9.39 Å². The molecule has 3 N–H and O–H groups in total. The molecule has 1 aliphatic rings. The van der Waals surface area contributed by atoms with Gasteiger partial charge >= 0.3 is 13.0 Å². The van der Waals surface area contributed by atoms with Gasteiger partial charge in [-0.2, -0.15) is 0 Å². The van der Waals surface area contributed by atoms with E-state index in [1.807, 2.05) is 56.1 Å². The van der Waals surface area contributed by atoms with Crippen molar-refractivity contribution < 1.29 is 33.7 Å². The summed E-state index contributed by atoms with van der Waals surface area (Å²) in [6.07, 6.45) is -0.902. The van der Waals surface area contributed by atoms with E-state index in [0.29, 0.717) is 18.7 Å². The van der Waals surface area contributed by atoms with Crippen molar-refractivity contribution >= 4 is 30.8 Å². The minimum absolute atomic E-state index is 0.0428. The molecule has 0 spiro atoms. The number of aliphatic hydroxyl groups is 1. The van der Waals surface area contributed by atoms with Gasteiger partial charge in [0.25, 0.3) is 11.9 Å². The molecule has 0 unspecified atom stereocenters. The lowest BCUT2D eigenvalue weighted by molar-refractivity contribution is -0.146. The van der Waals surface area contributed by atoms with Gasteiger partial charge in [0.2, 0.25) is 5.91 Å². The molecular weight excluding hydrogens is 565 g/mol. The minimum atomic E-state index is -1.35. The molecule has 2 heterocycles. The summed E-state index contributed by atoms with van der Waals surface area (Å²) in [7, 11) is 3.70. The highest BCUT2D eigenvalue weighted by molar-refractivity contribution is 6.53. The van der Waals surface area contributed by atoms with Crippen molar-refractivity contribution in [3.8, 4) is 11.3 Å². The highest BCUT2D eigenvalue weighted by Gasteiger charge is 2.45. The third-order valence-electron chi connectivity index (χ3n) is 7.58. The van der Waals surface area contributed by atoms with Gasteiger partial charge < -0.3 is 30.0 Å². The number of hydrogen-bond acceptors (Lipinski definition) is 10. The summed E-state index contributed by atoms with van der Waals surface area (Å²) in [4.78, 5) is 60.8. The zero-order chi connectivity index (χ0) is 32.6. The number of methoxy groups -OCH3 is 1. The molecule has 2 aromatic rings. The number of amides is 2. The number of benzene rings is 1. The molecule has 0 aliphatic carbocycles. The van der Waals surface area contributed by atoms with Crippen LogP contribution in [0.25, 0.3) is 11.3 Å². The van der Waals surface area contributed by atoms with Crippen LogP contribution in [0.1, 0.15) is 44.6 Å². The van der Waals surface area contributed by atoms with Crippen LogP contribution < -0.4 is 10.6 Å². The molecule has 44 heavy (non-hydrogen) atoms. The molecule has 0 bridgehead atoms. The third-order valence-corrected chi connectivity index (χ3v) is 7.58. The van der Waals surface area contributed by atoms with Gasteiger partial charge in [-0.1, -0.05) is 57.2 Å². The maximum absolute atomic E-state index is 13.7. The fraction of sp³-hybridized carbons (Fsp3) is 0.516. The number of carbonyl (C=O) groups excluding carboxylic acids is 4. The van der Waals surface area contributed by atoms with Crippen LogP contribution >= 0.6 is 0 Å². The van der Waals surface area contributed by atoms with E-state index in [9.17, 15) is 24.3 Å².